The van der Waals surface area contributed by atoms with Crippen molar-refractivity contribution < 1.29 is 27.0 Å². The molecule has 0 aliphatic heterocycles. The molecule has 0 saturated heterocycles. The summed E-state index contributed by atoms with van der Waals surface area (Å²) in [6, 6.07) is 4.85. The molecule has 0 bridgehead atoms. The fraction of sp³-hybridized carbons (Fsp3) is 0.167. The average Bonchev–Trinajstić information content (AvgIpc) is 3.30. The number of aromatic nitrogens is 5. The minimum absolute atomic E-state index is 0.0529. The quantitative estimate of drug-likeness (QED) is 0.348. The molecule has 3 aromatic heterocycles. The number of halogens is 2. The molecule has 14 heteroatoms. The van der Waals surface area contributed by atoms with Crippen molar-refractivity contribution in [3.8, 4) is 17.0 Å². The number of ether oxygens (including phenoxy) is 1. The van der Waals surface area contributed by atoms with Crippen molar-refractivity contribution in [1.29, 1.82) is 0 Å². The molecule has 0 aliphatic carbocycles. The first-order valence-electron chi connectivity index (χ1n) is 9.02. The third-order valence-electron chi connectivity index (χ3n) is 4.47. The summed E-state index contributed by atoms with van der Waals surface area (Å²) in [4.78, 5) is 3.85. The number of benzene rings is 1. The third kappa shape index (κ3) is 4.23. The molecule has 0 radical (unpaired) electrons. The topological polar surface area (TPSA) is 150 Å². The fourth-order valence-electron chi connectivity index (χ4n) is 3.13. The number of alkyl halides is 2. The number of aliphatic hydroxyl groups excluding tert-OH is 1. The third-order valence-corrected chi connectivity index (χ3v) is 5.38. The van der Waals surface area contributed by atoms with E-state index in [1.807, 2.05) is 0 Å². The molecule has 4 aromatic rings. The van der Waals surface area contributed by atoms with Gasteiger partial charge in [0, 0.05) is 31.2 Å². The number of aliphatic hydroxyl groups is 1. The predicted molar refractivity (Wildman–Crippen MR) is 108 cm³/mol. The van der Waals surface area contributed by atoms with Gasteiger partial charge in [-0.2, -0.15) is 19.0 Å². The van der Waals surface area contributed by atoms with Crippen LogP contribution in [0.1, 0.15) is 11.8 Å². The maximum Gasteiger partial charge on any atom is 0.387 e. The Morgan fingerprint density at radius 3 is 2.81 bits per heavy atom. The number of fused-ring (bicyclic) bond motifs is 1. The number of primary sulfonamides is 1. The summed E-state index contributed by atoms with van der Waals surface area (Å²) in [5.41, 5.74) is 0.946. The van der Waals surface area contributed by atoms with Crippen LogP contribution in [0.2, 0.25) is 0 Å². The summed E-state index contributed by atoms with van der Waals surface area (Å²) >= 11 is 0. The number of nitrogens with zero attached hydrogens (tertiary/aromatic N) is 5. The lowest BCUT2D eigenvalue weighted by Crippen LogP contribution is -2.13. The average molecular weight is 465 g/mol. The number of hydrogen-bond donors (Lipinski definition) is 3. The highest BCUT2D eigenvalue weighted by molar-refractivity contribution is 7.89. The Morgan fingerprint density at radius 1 is 1.31 bits per heavy atom. The Kier molecular flexibility index (Phi) is 5.50. The Hall–Kier alpha value is -3.62. The zero-order valence-electron chi connectivity index (χ0n) is 16.4. The molecule has 1 unspecified atom stereocenters. The molecule has 1 atom stereocenters. The van der Waals surface area contributed by atoms with Gasteiger partial charge in [-0.05, 0) is 24.3 Å². The lowest BCUT2D eigenvalue weighted by molar-refractivity contribution is -0.0494. The molecule has 4 rings (SSSR count). The van der Waals surface area contributed by atoms with Gasteiger partial charge in [-0.1, -0.05) is 0 Å². The number of rotatable bonds is 7. The first-order valence-corrected chi connectivity index (χ1v) is 10.6. The largest absolute Gasteiger partial charge is 0.434 e. The van der Waals surface area contributed by atoms with Crippen LogP contribution in [-0.4, -0.2) is 44.5 Å². The highest BCUT2D eigenvalue weighted by atomic mass is 32.2. The Morgan fingerprint density at radius 2 is 2.09 bits per heavy atom. The van der Waals surface area contributed by atoms with E-state index < -0.39 is 22.9 Å². The van der Waals surface area contributed by atoms with Crippen molar-refractivity contribution in [2.75, 3.05) is 5.32 Å². The van der Waals surface area contributed by atoms with E-state index in [0.717, 1.165) is 18.2 Å². The van der Waals surface area contributed by atoms with Gasteiger partial charge in [0.2, 0.25) is 10.0 Å². The van der Waals surface area contributed by atoms with Crippen LogP contribution < -0.4 is 15.2 Å². The van der Waals surface area contributed by atoms with E-state index in [4.69, 9.17) is 5.14 Å². The summed E-state index contributed by atoms with van der Waals surface area (Å²) in [6.07, 6.45) is 4.79. The highest BCUT2D eigenvalue weighted by Gasteiger charge is 2.23. The van der Waals surface area contributed by atoms with Crippen molar-refractivity contribution in [2.24, 2.45) is 12.2 Å². The minimum atomic E-state index is -4.13. The van der Waals surface area contributed by atoms with Gasteiger partial charge in [0.15, 0.2) is 11.9 Å². The van der Waals surface area contributed by atoms with Crippen LogP contribution in [0.3, 0.4) is 0 Å². The van der Waals surface area contributed by atoms with E-state index in [2.05, 4.69) is 25.2 Å². The molecule has 0 spiro atoms. The van der Waals surface area contributed by atoms with E-state index in [9.17, 15) is 22.3 Å². The van der Waals surface area contributed by atoms with Gasteiger partial charge in [-0.3, -0.25) is 4.68 Å². The molecule has 0 amide bonds. The molecule has 4 N–H and O–H groups in total. The molecule has 32 heavy (non-hydrogen) atoms. The molecule has 0 saturated carbocycles. The van der Waals surface area contributed by atoms with Crippen LogP contribution in [-0.2, 0) is 17.1 Å². The summed E-state index contributed by atoms with van der Waals surface area (Å²) in [5.74, 6) is -0.318. The number of anilines is 1. The Balaban J connectivity index is 1.78. The van der Waals surface area contributed by atoms with E-state index in [0.29, 0.717) is 11.2 Å². The molecule has 11 nitrogen and oxygen atoms in total. The minimum Gasteiger partial charge on any atom is -0.434 e. The van der Waals surface area contributed by atoms with Crippen LogP contribution in [0.4, 0.5) is 14.5 Å². The van der Waals surface area contributed by atoms with E-state index in [-0.39, 0.29) is 27.6 Å². The summed E-state index contributed by atoms with van der Waals surface area (Å²) in [6.45, 7) is -3.16. The van der Waals surface area contributed by atoms with Gasteiger partial charge in [-0.15, -0.1) is 0 Å². The smallest absolute Gasteiger partial charge is 0.387 e. The fourth-order valence-corrected chi connectivity index (χ4v) is 3.67. The molecule has 168 valence electrons. The van der Waals surface area contributed by atoms with Crippen LogP contribution >= 0.6 is 0 Å². The van der Waals surface area contributed by atoms with Crippen molar-refractivity contribution in [3.05, 3.63) is 54.6 Å². The molecule has 0 aliphatic rings. The zero-order valence-corrected chi connectivity index (χ0v) is 17.2. The lowest BCUT2D eigenvalue weighted by Gasteiger charge is -2.15. The molecule has 3 heterocycles. The van der Waals surface area contributed by atoms with Gasteiger partial charge < -0.3 is 15.2 Å². The monoisotopic (exact) mass is 465 g/mol. The Bertz CT molecular complexity index is 1390. The zero-order chi connectivity index (χ0) is 23.0. The Labute approximate surface area is 180 Å². The molecular weight excluding hydrogens is 448 g/mol. The summed E-state index contributed by atoms with van der Waals surface area (Å²) in [7, 11) is -2.57. The van der Waals surface area contributed by atoms with Crippen molar-refractivity contribution >= 4 is 21.4 Å². The number of sulfonamides is 1. The van der Waals surface area contributed by atoms with Gasteiger partial charge >= 0.3 is 6.61 Å². The van der Waals surface area contributed by atoms with Crippen LogP contribution in [0, 0.1) is 0 Å². The van der Waals surface area contributed by atoms with Gasteiger partial charge in [-0.25, -0.2) is 23.1 Å². The van der Waals surface area contributed by atoms with E-state index >= 15 is 0 Å². The van der Waals surface area contributed by atoms with Crippen molar-refractivity contribution in [1.82, 2.24) is 24.4 Å². The number of hydrogen-bond acceptors (Lipinski definition) is 8. The van der Waals surface area contributed by atoms with Gasteiger partial charge in [0.1, 0.15) is 11.4 Å². The SMILES string of the molecule is Cn1cc(NC(O)c2cnn3cccnc23)c(-c2cc(S(N)(=O)=O)ccc2OC(F)F)n1. The maximum atomic E-state index is 12.9. The van der Waals surface area contributed by atoms with Crippen LogP contribution in [0.25, 0.3) is 16.9 Å². The van der Waals surface area contributed by atoms with Gasteiger partial charge in [0.25, 0.3) is 0 Å². The second kappa shape index (κ2) is 8.14. The van der Waals surface area contributed by atoms with Crippen LogP contribution in [0.15, 0.2) is 53.9 Å². The summed E-state index contributed by atoms with van der Waals surface area (Å²) < 4.78 is 56.8. The first-order chi connectivity index (χ1) is 15.1. The van der Waals surface area contributed by atoms with Crippen molar-refractivity contribution in [2.45, 2.75) is 17.7 Å². The van der Waals surface area contributed by atoms with Crippen molar-refractivity contribution in [3.63, 3.8) is 0 Å². The number of nitrogens with one attached hydrogen (secondary N) is 1. The number of aryl methyl sites for hydroxylation is 1. The lowest BCUT2D eigenvalue weighted by atomic mass is 10.1. The highest BCUT2D eigenvalue weighted by Crippen LogP contribution is 2.37. The first kappa shape index (κ1) is 21.6. The van der Waals surface area contributed by atoms with E-state index in [1.54, 1.807) is 19.3 Å². The summed E-state index contributed by atoms with van der Waals surface area (Å²) in [5, 5.41) is 27.0. The van der Waals surface area contributed by atoms with Gasteiger partial charge in [0.05, 0.1) is 22.3 Å². The molecular formula is C18H17F2N7O4S. The second-order valence-corrected chi connectivity index (χ2v) is 8.24. The number of nitrogens with two attached hydrogens (primary N) is 1. The molecule has 0 fully saturated rings. The molecule has 1 aromatic carbocycles. The van der Waals surface area contributed by atoms with E-state index in [1.165, 1.54) is 27.8 Å². The maximum absolute atomic E-state index is 12.9. The second-order valence-electron chi connectivity index (χ2n) is 6.68. The van der Waals surface area contributed by atoms with Crippen LogP contribution in [0.5, 0.6) is 5.75 Å². The predicted octanol–water partition coefficient (Wildman–Crippen LogP) is 1.48. The normalized spacial score (nSPS) is 12.9. The standard InChI is InChI=1S/C18H17F2N7O4S/c1-26-9-13(24-17(28)12-8-23-27-6-2-5-22-16(12)27)15(25-26)11-7-10(32(21,29)30)3-4-14(11)31-18(19)20/h2-9,17-18,24,28H,1H3,(H2,21,29,30).